The maximum Gasteiger partial charge on any atom is 0.0594 e. The van der Waals surface area contributed by atoms with Crippen molar-refractivity contribution in [3.8, 4) is 0 Å². The molecule has 0 bridgehead atoms. The topological polar surface area (TPSA) is 27.7 Å². The van der Waals surface area contributed by atoms with Crippen LogP contribution in [0.2, 0.25) is 0 Å². The van der Waals surface area contributed by atoms with Crippen LogP contribution in [0, 0.1) is 0 Å². The molecule has 1 aromatic carbocycles. The molecule has 1 aliphatic heterocycles. The van der Waals surface area contributed by atoms with Crippen molar-refractivity contribution >= 4 is 0 Å². The van der Waals surface area contributed by atoms with Gasteiger partial charge in [-0.25, -0.2) is 0 Å². The van der Waals surface area contributed by atoms with Gasteiger partial charge < -0.3 is 15.0 Å². The molecule has 1 saturated heterocycles. The molecule has 0 saturated carbocycles. The summed E-state index contributed by atoms with van der Waals surface area (Å²) in [7, 11) is 4.16. The van der Waals surface area contributed by atoms with Gasteiger partial charge in [-0.15, -0.1) is 0 Å². The van der Waals surface area contributed by atoms with E-state index in [-0.39, 0.29) is 0 Å². The molecule has 4 nitrogen and oxygen atoms in total. The van der Waals surface area contributed by atoms with E-state index in [2.05, 4.69) is 59.5 Å². The van der Waals surface area contributed by atoms with Crippen LogP contribution in [0.5, 0.6) is 0 Å². The van der Waals surface area contributed by atoms with Crippen LogP contribution in [-0.4, -0.2) is 69.8 Å². The molecule has 1 atom stereocenters. The Balaban J connectivity index is 1.75. The average Bonchev–Trinajstić information content (AvgIpc) is 2.73. The van der Waals surface area contributed by atoms with Crippen molar-refractivity contribution in [2.24, 2.45) is 0 Å². The average molecular weight is 291 g/mol. The number of hydrogen-bond acceptors (Lipinski definition) is 4. The molecule has 0 aliphatic carbocycles. The highest BCUT2D eigenvalue weighted by Crippen LogP contribution is 2.16. The molecule has 0 aromatic heterocycles. The van der Waals surface area contributed by atoms with Gasteiger partial charge in [-0.1, -0.05) is 30.3 Å². The van der Waals surface area contributed by atoms with Crippen LogP contribution in [-0.2, 0) is 4.74 Å². The van der Waals surface area contributed by atoms with Gasteiger partial charge in [0.2, 0.25) is 0 Å². The van der Waals surface area contributed by atoms with Crippen LogP contribution in [0.15, 0.2) is 30.3 Å². The molecule has 1 aliphatic rings. The third-order valence-corrected chi connectivity index (χ3v) is 3.92. The molecule has 1 unspecified atom stereocenters. The van der Waals surface area contributed by atoms with Crippen LogP contribution in [0.3, 0.4) is 0 Å². The zero-order valence-electron chi connectivity index (χ0n) is 13.4. The van der Waals surface area contributed by atoms with Gasteiger partial charge in [0, 0.05) is 25.7 Å². The van der Waals surface area contributed by atoms with E-state index in [0.29, 0.717) is 6.04 Å². The summed E-state index contributed by atoms with van der Waals surface area (Å²) in [5.41, 5.74) is 1.39. The predicted octanol–water partition coefficient (Wildman–Crippen LogP) is 1.60. The Labute approximate surface area is 129 Å². The standard InChI is InChI=1S/C17H29N3O/c1-19(2)11-13-21-14-12-20-10-6-9-18-17(15-20)16-7-4-3-5-8-16/h3-5,7-8,17-18H,6,9-15H2,1-2H3. The molecule has 1 heterocycles. The SMILES string of the molecule is CN(C)CCOCCN1CCCNC(c2ccccc2)C1. The van der Waals surface area contributed by atoms with Gasteiger partial charge in [0.15, 0.2) is 0 Å². The van der Waals surface area contributed by atoms with E-state index in [1.54, 1.807) is 0 Å². The first-order valence-electron chi connectivity index (χ1n) is 7.99. The maximum atomic E-state index is 5.73. The van der Waals surface area contributed by atoms with Gasteiger partial charge in [-0.05, 0) is 39.2 Å². The Morgan fingerprint density at radius 2 is 2.05 bits per heavy atom. The van der Waals surface area contributed by atoms with Crippen LogP contribution < -0.4 is 5.32 Å². The first kappa shape index (κ1) is 16.4. The molecule has 21 heavy (non-hydrogen) atoms. The quantitative estimate of drug-likeness (QED) is 0.772. The van der Waals surface area contributed by atoms with Crippen molar-refractivity contribution in [1.82, 2.24) is 15.1 Å². The summed E-state index contributed by atoms with van der Waals surface area (Å²) in [5, 5.41) is 3.66. The number of nitrogens with one attached hydrogen (secondary N) is 1. The molecule has 1 fully saturated rings. The highest BCUT2D eigenvalue weighted by molar-refractivity contribution is 5.19. The third-order valence-electron chi connectivity index (χ3n) is 3.92. The first-order valence-corrected chi connectivity index (χ1v) is 7.99. The monoisotopic (exact) mass is 291 g/mol. The zero-order chi connectivity index (χ0) is 14.9. The van der Waals surface area contributed by atoms with Crippen molar-refractivity contribution in [3.05, 3.63) is 35.9 Å². The number of benzene rings is 1. The number of likely N-dealkylation sites (N-methyl/N-ethyl adjacent to an activating group) is 1. The summed E-state index contributed by atoms with van der Waals surface area (Å²) in [6.07, 6.45) is 1.21. The van der Waals surface area contributed by atoms with Crippen molar-refractivity contribution < 1.29 is 4.74 Å². The summed E-state index contributed by atoms with van der Waals surface area (Å²) >= 11 is 0. The molecule has 118 valence electrons. The van der Waals surface area contributed by atoms with Crippen molar-refractivity contribution in [2.45, 2.75) is 12.5 Å². The summed E-state index contributed by atoms with van der Waals surface area (Å²) in [6.45, 7) is 7.00. The Morgan fingerprint density at radius 3 is 2.81 bits per heavy atom. The highest BCUT2D eigenvalue weighted by Gasteiger charge is 2.18. The Hall–Kier alpha value is -0.940. The smallest absolute Gasteiger partial charge is 0.0594 e. The Morgan fingerprint density at radius 1 is 1.24 bits per heavy atom. The summed E-state index contributed by atoms with van der Waals surface area (Å²) < 4.78 is 5.73. The second-order valence-electron chi connectivity index (χ2n) is 5.99. The second-order valence-corrected chi connectivity index (χ2v) is 5.99. The lowest BCUT2D eigenvalue weighted by Crippen LogP contribution is -2.34. The fourth-order valence-electron chi connectivity index (χ4n) is 2.65. The first-order chi connectivity index (χ1) is 10.3. The fourth-order valence-corrected chi connectivity index (χ4v) is 2.65. The van der Waals surface area contributed by atoms with Crippen molar-refractivity contribution in [1.29, 1.82) is 0 Å². The lowest BCUT2D eigenvalue weighted by molar-refractivity contribution is 0.0918. The lowest BCUT2D eigenvalue weighted by Gasteiger charge is -2.24. The van der Waals surface area contributed by atoms with Crippen LogP contribution in [0.4, 0.5) is 0 Å². The number of hydrogen-bond donors (Lipinski definition) is 1. The minimum Gasteiger partial charge on any atom is -0.379 e. The predicted molar refractivity (Wildman–Crippen MR) is 87.6 cm³/mol. The maximum absolute atomic E-state index is 5.73. The highest BCUT2D eigenvalue weighted by atomic mass is 16.5. The summed E-state index contributed by atoms with van der Waals surface area (Å²) in [5.74, 6) is 0. The van der Waals surface area contributed by atoms with Gasteiger partial charge in [0.05, 0.1) is 13.2 Å². The lowest BCUT2D eigenvalue weighted by atomic mass is 10.1. The molecular weight excluding hydrogens is 262 g/mol. The van der Waals surface area contributed by atoms with Gasteiger partial charge in [0.1, 0.15) is 0 Å². The van der Waals surface area contributed by atoms with E-state index < -0.39 is 0 Å². The van der Waals surface area contributed by atoms with E-state index in [0.717, 1.165) is 45.9 Å². The van der Waals surface area contributed by atoms with E-state index in [1.165, 1.54) is 12.0 Å². The molecule has 2 rings (SSSR count). The summed E-state index contributed by atoms with van der Waals surface area (Å²) in [6, 6.07) is 11.2. The molecule has 0 radical (unpaired) electrons. The normalized spacial score (nSPS) is 20.6. The van der Waals surface area contributed by atoms with E-state index >= 15 is 0 Å². The van der Waals surface area contributed by atoms with E-state index in [1.807, 2.05) is 0 Å². The third kappa shape index (κ3) is 6.14. The minimum absolute atomic E-state index is 0.440. The molecule has 0 amide bonds. The van der Waals surface area contributed by atoms with Gasteiger partial charge in [-0.3, -0.25) is 4.90 Å². The van der Waals surface area contributed by atoms with Gasteiger partial charge >= 0.3 is 0 Å². The Bertz CT molecular complexity index is 383. The number of rotatable bonds is 7. The zero-order valence-corrected chi connectivity index (χ0v) is 13.4. The molecular formula is C17H29N3O. The van der Waals surface area contributed by atoms with Crippen LogP contribution >= 0.6 is 0 Å². The Kier molecular flexibility index (Phi) is 7.16. The van der Waals surface area contributed by atoms with Crippen molar-refractivity contribution in [2.75, 3.05) is 60.0 Å². The molecule has 0 spiro atoms. The second kappa shape index (κ2) is 9.15. The minimum atomic E-state index is 0.440. The van der Waals surface area contributed by atoms with Crippen LogP contribution in [0.1, 0.15) is 18.0 Å². The largest absolute Gasteiger partial charge is 0.379 e. The molecule has 1 N–H and O–H groups in total. The van der Waals surface area contributed by atoms with Crippen LogP contribution in [0.25, 0.3) is 0 Å². The van der Waals surface area contributed by atoms with E-state index in [4.69, 9.17) is 4.74 Å². The van der Waals surface area contributed by atoms with E-state index in [9.17, 15) is 0 Å². The van der Waals surface area contributed by atoms with Crippen molar-refractivity contribution in [3.63, 3.8) is 0 Å². The number of ether oxygens (including phenoxy) is 1. The number of nitrogens with zero attached hydrogens (tertiary/aromatic N) is 2. The fraction of sp³-hybridized carbons (Fsp3) is 0.647. The van der Waals surface area contributed by atoms with Gasteiger partial charge in [-0.2, -0.15) is 0 Å². The van der Waals surface area contributed by atoms with Gasteiger partial charge in [0.25, 0.3) is 0 Å². The summed E-state index contributed by atoms with van der Waals surface area (Å²) in [4.78, 5) is 4.68. The molecule has 1 aromatic rings. The molecule has 4 heteroatoms.